The van der Waals surface area contributed by atoms with Crippen LogP contribution in [-0.2, 0) is 14.8 Å². The first-order chi connectivity index (χ1) is 9.16. The molecule has 1 amide bonds. The van der Waals surface area contributed by atoms with Crippen molar-refractivity contribution >= 4 is 15.9 Å². The van der Waals surface area contributed by atoms with Crippen molar-refractivity contribution in [3.05, 3.63) is 0 Å². The average Bonchev–Trinajstić information content (AvgIpc) is 3.04. The lowest BCUT2D eigenvalue weighted by atomic mass is 10.0. The van der Waals surface area contributed by atoms with Crippen molar-refractivity contribution in [3.63, 3.8) is 0 Å². The number of piperidine rings is 1. The zero-order valence-electron chi connectivity index (χ0n) is 12.5. The molecule has 2 fully saturated rings. The van der Waals surface area contributed by atoms with Gasteiger partial charge in [0.2, 0.25) is 15.9 Å². The van der Waals surface area contributed by atoms with Crippen molar-refractivity contribution in [1.29, 1.82) is 0 Å². The lowest BCUT2D eigenvalue weighted by Gasteiger charge is -2.38. The molecule has 1 saturated heterocycles. The molecule has 0 aromatic rings. The van der Waals surface area contributed by atoms with E-state index in [0.29, 0.717) is 19.1 Å². The van der Waals surface area contributed by atoms with E-state index in [9.17, 15) is 13.2 Å². The predicted octanol–water partition coefficient (Wildman–Crippen LogP) is 0.0572. The molecular formula is C13H25N3O3S. The van der Waals surface area contributed by atoms with Crippen LogP contribution in [0.25, 0.3) is 0 Å². The minimum Gasteiger partial charge on any atom is -0.339 e. The smallest absolute Gasteiger partial charge is 0.239 e. The van der Waals surface area contributed by atoms with E-state index in [1.165, 1.54) is 0 Å². The number of likely N-dealkylation sites (tertiary alicyclic amines) is 1. The molecule has 1 heterocycles. The van der Waals surface area contributed by atoms with Gasteiger partial charge in [0.15, 0.2) is 0 Å². The highest BCUT2D eigenvalue weighted by Gasteiger charge is 2.36. The number of sulfonamides is 1. The summed E-state index contributed by atoms with van der Waals surface area (Å²) in [5, 5.41) is 3.38. The third kappa shape index (κ3) is 4.71. The minimum atomic E-state index is -3.28. The molecule has 1 aliphatic carbocycles. The van der Waals surface area contributed by atoms with Crippen LogP contribution in [-0.4, -0.2) is 56.2 Å². The summed E-state index contributed by atoms with van der Waals surface area (Å²) in [6.45, 7) is 4.72. The van der Waals surface area contributed by atoms with Gasteiger partial charge in [0.05, 0.1) is 12.3 Å². The Morgan fingerprint density at radius 2 is 1.95 bits per heavy atom. The predicted molar refractivity (Wildman–Crippen MR) is 77.8 cm³/mol. The number of rotatable bonds is 6. The molecule has 0 bridgehead atoms. The molecule has 20 heavy (non-hydrogen) atoms. The van der Waals surface area contributed by atoms with Crippen molar-refractivity contribution in [1.82, 2.24) is 14.9 Å². The van der Waals surface area contributed by atoms with E-state index in [-0.39, 0.29) is 11.9 Å². The fourth-order valence-corrected chi connectivity index (χ4v) is 3.87. The van der Waals surface area contributed by atoms with Gasteiger partial charge >= 0.3 is 0 Å². The first kappa shape index (κ1) is 15.7. The Labute approximate surface area is 121 Å². The van der Waals surface area contributed by atoms with Crippen LogP contribution in [0.2, 0.25) is 0 Å². The standard InChI is InChI=1S/C13H25N3O3S/c1-13(2,15-20(3,18)19)9-16-8-4-5-11(12(16)17)14-10-6-7-10/h10-11,14-15H,4-9H2,1-3H3. The average molecular weight is 303 g/mol. The van der Waals surface area contributed by atoms with Crippen LogP contribution in [0.4, 0.5) is 0 Å². The van der Waals surface area contributed by atoms with Gasteiger partial charge in [-0.2, -0.15) is 0 Å². The molecule has 1 unspecified atom stereocenters. The molecule has 7 heteroatoms. The SMILES string of the molecule is CC(C)(CN1CCCC(NC2CC2)C1=O)NS(C)(=O)=O. The highest BCUT2D eigenvalue weighted by atomic mass is 32.2. The van der Waals surface area contributed by atoms with E-state index in [0.717, 1.165) is 31.9 Å². The number of hydrogen-bond donors (Lipinski definition) is 2. The van der Waals surface area contributed by atoms with Crippen LogP contribution in [0, 0.1) is 0 Å². The summed E-state index contributed by atoms with van der Waals surface area (Å²) < 4.78 is 25.3. The van der Waals surface area contributed by atoms with Crippen LogP contribution in [0.1, 0.15) is 39.5 Å². The summed E-state index contributed by atoms with van der Waals surface area (Å²) in [5.41, 5.74) is -0.648. The quantitative estimate of drug-likeness (QED) is 0.727. The Hall–Kier alpha value is -0.660. The summed E-state index contributed by atoms with van der Waals surface area (Å²) in [5.74, 6) is 0.103. The van der Waals surface area contributed by atoms with Crippen molar-refractivity contribution in [3.8, 4) is 0 Å². The number of carbonyl (C=O) groups excluding carboxylic acids is 1. The monoisotopic (exact) mass is 303 g/mol. The van der Waals surface area contributed by atoms with E-state index >= 15 is 0 Å². The zero-order chi connectivity index (χ0) is 15.0. The Morgan fingerprint density at radius 3 is 2.50 bits per heavy atom. The van der Waals surface area contributed by atoms with Gasteiger partial charge in [0, 0.05) is 24.7 Å². The van der Waals surface area contributed by atoms with Crippen LogP contribution in [0.15, 0.2) is 0 Å². The topological polar surface area (TPSA) is 78.5 Å². The maximum absolute atomic E-state index is 12.4. The van der Waals surface area contributed by atoms with Gasteiger partial charge < -0.3 is 10.2 Å². The fraction of sp³-hybridized carbons (Fsp3) is 0.923. The molecule has 0 spiro atoms. The lowest BCUT2D eigenvalue weighted by molar-refractivity contribution is -0.136. The largest absolute Gasteiger partial charge is 0.339 e. The molecule has 1 atom stereocenters. The van der Waals surface area contributed by atoms with E-state index in [1.807, 2.05) is 0 Å². The van der Waals surface area contributed by atoms with Crippen LogP contribution >= 0.6 is 0 Å². The molecular weight excluding hydrogens is 278 g/mol. The van der Waals surface area contributed by atoms with E-state index in [2.05, 4.69) is 10.0 Å². The zero-order valence-corrected chi connectivity index (χ0v) is 13.3. The number of hydrogen-bond acceptors (Lipinski definition) is 4. The number of nitrogens with one attached hydrogen (secondary N) is 2. The maximum Gasteiger partial charge on any atom is 0.239 e. The van der Waals surface area contributed by atoms with E-state index in [4.69, 9.17) is 0 Å². The second-order valence-corrected chi connectivity index (χ2v) is 8.40. The molecule has 1 aliphatic heterocycles. The maximum atomic E-state index is 12.4. The molecule has 2 aliphatic rings. The molecule has 2 rings (SSSR count). The van der Waals surface area contributed by atoms with Gasteiger partial charge in [-0.15, -0.1) is 0 Å². The molecule has 0 radical (unpaired) electrons. The summed E-state index contributed by atoms with van der Waals surface area (Å²) in [7, 11) is -3.28. The number of nitrogens with zero attached hydrogens (tertiary/aromatic N) is 1. The molecule has 116 valence electrons. The van der Waals surface area contributed by atoms with E-state index < -0.39 is 15.6 Å². The van der Waals surface area contributed by atoms with Crippen LogP contribution in [0.3, 0.4) is 0 Å². The van der Waals surface area contributed by atoms with Gasteiger partial charge in [0.25, 0.3) is 0 Å². The Morgan fingerprint density at radius 1 is 1.30 bits per heavy atom. The highest BCUT2D eigenvalue weighted by Crippen LogP contribution is 2.23. The summed E-state index contributed by atoms with van der Waals surface area (Å²) >= 11 is 0. The van der Waals surface area contributed by atoms with Gasteiger partial charge in [-0.1, -0.05) is 0 Å². The Balaban J connectivity index is 1.95. The fourth-order valence-electron chi connectivity index (χ4n) is 2.80. The normalized spacial score (nSPS) is 25.1. The molecule has 0 aromatic heterocycles. The highest BCUT2D eigenvalue weighted by molar-refractivity contribution is 7.88. The first-order valence-electron chi connectivity index (χ1n) is 7.20. The summed E-state index contributed by atoms with van der Waals surface area (Å²) in [4.78, 5) is 14.2. The van der Waals surface area contributed by atoms with Crippen molar-refractivity contribution in [2.75, 3.05) is 19.3 Å². The molecule has 2 N–H and O–H groups in total. The molecule has 0 aromatic carbocycles. The molecule has 6 nitrogen and oxygen atoms in total. The van der Waals surface area contributed by atoms with Gasteiger partial charge in [-0.05, 0) is 39.5 Å². The van der Waals surface area contributed by atoms with Crippen LogP contribution < -0.4 is 10.0 Å². The van der Waals surface area contributed by atoms with Gasteiger partial charge in [0.1, 0.15) is 0 Å². The van der Waals surface area contributed by atoms with Crippen molar-refractivity contribution < 1.29 is 13.2 Å². The van der Waals surface area contributed by atoms with Crippen LogP contribution in [0.5, 0.6) is 0 Å². The van der Waals surface area contributed by atoms with Crippen molar-refractivity contribution in [2.45, 2.75) is 57.2 Å². The first-order valence-corrected chi connectivity index (χ1v) is 9.09. The van der Waals surface area contributed by atoms with Gasteiger partial charge in [-0.3, -0.25) is 4.79 Å². The third-order valence-electron chi connectivity index (χ3n) is 3.59. The van der Waals surface area contributed by atoms with E-state index in [1.54, 1.807) is 18.7 Å². The Bertz CT molecular complexity index is 471. The second kappa shape index (κ2) is 5.61. The number of carbonyl (C=O) groups is 1. The summed E-state index contributed by atoms with van der Waals surface area (Å²) in [6.07, 6.45) is 5.30. The summed E-state index contributed by atoms with van der Waals surface area (Å²) in [6, 6.07) is 0.413. The molecule has 1 saturated carbocycles. The van der Waals surface area contributed by atoms with Gasteiger partial charge in [-0.25, -0.2) is 13.1 Å². The second-order valence-electron chi connectivity index (χ2n) is 6.65. The lowest BCUT2D eigenvalue weighted by Crippen LogP contribution is -2.58. The number of amides is 1. The van der Waals surface area contributed by atoms with Crippen molar-refractivity contribution in [2.24, 2.45) is 0 Å². The Kier molecular flexibility index (Phi) is 4.41. The minimum absolute atomic E-state index is 0.0923. The third-order valence-corrected chi connectivity index (χ3v) is 4.52.